The second kappa shape index (κ2) is 36.4. The fourth-order valence-corrected chi connectivity index (χ4v) is 9.25. The molecule has 0 unspecified atom stereocenters. The van der Waals surface area contributed by atoms with Gasteiger partial charge in [0.15, 0.2) is 0 Å². The highest BCUT2D eigenvalue weighted by Gasteiger charge is 2.39. The molecule has 1 N–H and O–H groups in total. The topological polar surface area (TPSA) is 65.0 Å². The fourth-order valence-electron chi connectivity index (χ4n) is 6.57. The van der Waals surface area contributed by atoms with E-state index in [0.717, 1.165) is 25.3 Å². The molecule has 0 atom stereocenters. The Morgan fingerprint density at radius 3 is 0.778 bits per heavy atom. The predicted molar refractivity (Wildman–Crippen MR) is 196 cm³/mol. The molecule has 0 amide bonds. The average Bonchev–Trinajstić information content (AvgIpc) is 3.02. The largest absolute Gasteiger partial charge is 0.500 e. The van der Waals surface area contributed by atoms with E-state index in [-0.39, 0.29) is 0 Å². The van der Waals surface area contributed by atoms with Crippen molar-refractivity contribution in [3.8, 4) is 0 Å². The Hall–Kier alpha value is -0.433. The standard InChI is InChI=1S/C39H80O5Si/c1-4-42-45(43-5-2,44-6-3)38-36-34-32-30-28-26-24-22-20-18-16-14-12-10-8-7-9-11-13-15-17-19-21-23-25-27-29-31-33-35-37-39(40)41/h4-38H2,1-3H3,(H,40,41). The van der Waals surface area contributed by atoms with Crippen molar-refractivity contribution < 1.29 is 23.2 Å². The Morgan fingerprint density at radius 1 is 0.378 bits per heavy atom. The molecule has 0 aromatic rings. The van der Waals surface area contributed by atoms with Crippen LogP contribution in [0.5, 0.6) is 0 Å². The van der Waals surface area contributed by atoms with Crippen LogP contribution in [0.2, 0.25) is 6.04 Å². The van der Waals surface area contributed by atoms with E-state index < -0.39 is 14.8 Å². The van der Waals surface area contributed by atoms with E-state index in [4.69, 9.17) is 18.4 Å². The first-order chi connectivity index (χ1) is 22.1. The van der Waals surface area contributed by atoms with Crippen molar-refractivity contribution in [1.82, 2.24) is 0 Å². The second-order valence-electron chi connectivity index (χ2n) is 13.5. The molecule has 0 aliphatic carbocycles. The molecule has 45 heavy (non-hydrogen) atoms. The number of unbranched alkanes of at least 4 members (excludes halogenated alkanes) is 29. The summed E-state index contributed by atoms with van der Waals surface area (Å²) in [6.07, 6.45) is 41.3. The Kier molecular flexibility index (Phi) is 36.1. The van der Waals surface area contributed by atoms with Gasteiger partial charge in [-0.25, -0.2) is 0 Å². The maximum absolute atomic E-state index is 10.5. The first kappa shape index (κ1) is 44.6. The summed E-state index contributed by atoms with van der Waals surface area (Å²) in [5.74, 6) is -0.651. The van der Waals surface area contributed by atoms with E-state index in [1.165, 1.54) is 173 Å². The lowest BCUT2D eigenvalue weighted by Crippen LogP contribution is -2.45. The summed E-state index contributed by atoms with van der Waals surface area (Å²) in [7, 11) is -2.43. The van der Waals surface area contributed by atoms with Crippen LogP contribution in [0, 0.1) is 0 Å². The van der Waals surface area contributed by atoms with E-state index in [0.29, 0.717) is 26.2 Å². The molecule has 270 valence electrons. The van der Waals surface area contributed by atoms with Crippen molar-refractivity contribution >= 4 is 14.8 Å². The zero-order valence-corrected chi connectivity index (χ0v) is 31.8. The van der Waals surface area contributed by atoms with Crippen molar-refractivity contribution in [2.45, 2.75) is 226 Å². The molecule has 0 heterocycles. The molecule has 0 aliphatic heterocycles. The summed E-state index contributed by atoms with van der Waals surface area (Å²) >= 11 is 0. The van der Waals surface area contributed by atoms with Gasteiger partial charge in [0, 0.05) is 32.3 Å². The molecule has 0 aromatic heterocycles. The van der Waals surface area contributed by atoms with Crippen molar-refractivity contribution in [3.63, 3.8) is 0 Å². The molecule has 0 fully saturated rings. The highest BCUT2D eigenvalue weighted by molar-refractivity contribution is 6.60. The average molecular weight is 657 g/mol. The van der Waals surface area contributed by atoms with Gasteiger partial charge in [0.1, 0.15) is 0 Å². The van der Waals surface area contributed by atoms with Crippen LogP contribution in [0.1, 0.15) is 220 Å². The van der Waals surface area contributed by atoms with E-state index in [2.05, 4.69) is 0 Å². The van der Waals surface area contributed by atoms with Crippen molar-refractivity contribution in [2.75, 3.05) is 19.8 Å². The van der Waals surface area contributed by atoms with Gasteiger partial charge in [-0.2, -0.15) is 0 Å². The van der Waals surface area contributed by atoms with Crippen LogP contribution < -0.4 is 0 Å². The molecule has 0 radical (unpaired) electrons. The fraction of sp³-hybridized carbons (Fsp3) is 0.974. The monoisotopic (exact) mass is 657 g/mol. The molecular formula is C39H80O5Si. The summed E-state index contributed by atoms with van der Waals surface area (Å²) in [6.45, 7) is 8.15. The Balaban J connectivity index is 3.23. The third-order valence-corrected chi connectivity index (χ3v) is 12.4. The summed E-state index contributed by atoms with van der Waals surface area (Å²) in [6, 6.07) is 0.966. The third-order valence-electron chi connectivity index (χ3n) is 9.22. The van der Waals surface area contributed by atoms with Crippen LogP contribution in [0.3, 0.4) is 0 Å². The number of carboxylic acid groups (broad SMARTS) is 1. The highest BCUT2D eigenvalue weighted by Crippen LogP contribution is 2.21. The van der Waals surface area contributed by atoms with E-state index >= 15 is 0 Å². The first-order valence-corrected chi connectivity index (χ1v) is 22.2. The maximum Gasteiger partial charge on any atom is 0.500 e. The van der Waals surface area contributed by atoms with Crippen molar-refractivity contribution in [3.05, 3.63) is 0 Å². The molecule has 0 saturated carbocycles. The molecule has 0 spiro atoms. The second-order valence-corrected chi connectivity index (χ2v) is 16.2. The van der Waals surface area contributed by atoms with Gasteiger partial charge in [0.25, 0.3) is 0 Å². The number of aliphatic carboxylic acids is 1. The molecule has 0 bridgehead atoms. The zero-order valence-electron chi connectivity index (χ0n) is 30.8. The molecular weight excluding hydrogens is 577 g/mol. The molecule has 5 nitrogen and oxygen atoms in total. The minimum absolute atomic E-state index is 0.342. The molecule has 0 saturated heterocycles. The van der Waals surface area contributed by atoms with Crippen LogP contribution in [0.15, 0.2) is 0 Å². The summed E-state index contributed by atoms with van der Waals surface area (Å²) in [5.41, 5.74) is 0. The van der Waals surface area contributed by atoms with E-state index in [9.17, 15) is 4.79 Å². The van der Waals surface area contributed by atoms with Crippen molar-refractivity contribution in [1.29, 1.82) is 0 Å². The van der Waals surface area contributed by atoms with Crippen LogP contribution in [0.25, 0.3) is 0 Å². The lowest BCUT2D eigenvalue weighted by atomic mass is 10.0. The summed E-state index contributed by atoms with van der Waals surface area (Å²) in [4.78, 5) is 10.5. The number of hydrogen-bond acceptors (Lipinski definition) is 4. The first-order valence-electron chi connectivity index (χ1n) is 20.2. The SMILES string of the molecule is CCO[Si](CCCCCCCCCCCCCCCCCCCCCCCCCCCCCCCCC(=O)O)(OCC)OCC. The minimum Gasteiger partial charge on any atom is -0.481 e. The Morgan fingerprint density at radius 2 is 0.578 bits per heavy atom. The van der Waals surface area contributed by atoms with E-state index in [1.54, 1.807) is 0 Å². The van der Waals surface area contributed by atoms with Gasteiger partial charge in [0.05, 0.1) is 0 Å². The summed E-state index contributed by atoms with van der Waals surface area (Å²) < 4.78 is 17.9. The summed E-state index contributed by atoms with van der Waals surface area (Å²) in [5, 5.41) is 8.65. The van der Waals surface area contributed by atoms with Gasteiger partial charge in [0.2, 0.25) is 0 Å². The van der Waals surface area contributed by atoms with Crippen LogP contribution in [-0.4, -0.2) is 39.7 Å². The molecule has 6 heteroatoms. The van der Waals surface area contributed by atoms with E-state index in [1.807, 2.05) is 20.8 Å². The van der Waals surface area contributed by atoms with Gasteiger partial charge in [-0.3, -0.25) is 4.79 Å². The number of hydrogen-bond donors (Lipinski definition) is 1. The van der Waals surface area contributed by atoms with Gasteiger partial charge in [-0.1, -0.05) is 180 Å². The van der Waals surface area contributed by atoms with Gasteiger partial charge in [-0.05, 0) is 33.6 Å². The molecule has 0 aliphatic rings. The minimum atomic E-state index is -2.43. The highest BCUT2D eigenvalue weighted by atomic mass is 28.4. The normalized spacial score (nSPS) is 11.9. The van der Waals surface area contributed by atoms with Gasteiger partial charge in [-0.15, -0.1) is 0 Å². The van der Waals surface area contributed by atoms with Crippen LogP contribution >= 0.6 is 0 Å². The quantitative estimate of drug-likeness (QED) is 0.0527. The Labute approximate surface area is 283 Å². The van der Waals surface area contributed by atoms with Crippen LogP contribution in [-0.2, 0) is 18.1 Å². The number of rotatable bonds is 39. The smallest absolute Gasteiger partial charge is 0.481 e. The number of carboxylic acids is 1. The van der Waals surface area contributed by atoms with Crippen LogP contribution in [0.4, 0.5) is 0 Å². The maximum atomic E-state index is 10.5. The molecule has 0 rings (SSSR count). The third kappa shape index (κ3) is 33.3. The van der Waals surface area contributed by atoms with Gasteiger partial charge < -0.3 is 18.4 Å². The zero-order chi connectivity index (χ0) is 32.9. The predicted octanol–water partition coefficient (Wildman–Crippen LogP) is 13.2. The lowest BCUT2D eigenvalue weighted by molar-refractivity contribution is -0.137. The van der Waals surface area contributed by atoms with Gasteiger partial charge >= 0.3 is 14.8 Å². The lowest BCUT2D eigenvalue weighted by Gasteiger charge is -2.28. The number of carbonyl (C=O) groups is 1. The Bertz CT molecular complexity index is 571. The van der Waals surface area contributed by atoms with Crippen molar-refractivity contribution in [2.24, 2.45) is 0 Å². The molecule has 0 aromatic carbocycles.